The van der Waals surface area contributed by atoms with E-state index in [0.717, 1.165) is 36.4 Å². The van der Waals surface area contributed by atoms with Crippen molar-refractivity contribution < 1.29 is 9.47 Å². The zero-order valence-electron chi connectivity index (χ0n) is 13.9. The number of nitrogens with zero attached hydrogens (tertiary/aromatic N) is 3. The summed E-state index contributed by atoms with van der Waals surface area (Å²) in [5, 5.41) is 11.1. The third-order valence-corrected chi connectivity index (χ3v) is 4.03. The van der Waals surface area contributed by atoms with E-state index >= 15 is 0 Å². The molecule has 6 heteroatoms. The minimum Gasteiger partial charge on any atom is -0.465 e. The molecule has 0 aromatic carbocycles. The quantitative estimate of drug-likeness (QED) is 0.914. The molecule has 0 radical (unpaired) electrons. The van der Waals surface area contributed by atoms with Gasteiger partial charge in [-0.3, -0.25) is 4.98 Å². The highest BCUT2D eigenvalue weighted by Gasteiger charge is 2.21. The molecular weight excluding hydrogens is 316 g/mol. The number of pyridine rings is 1. The second-order valence-corrected chi connectivity index (χ2v) is 5.96. The van der Waals surface area contributed by atoms with Crippen molar-refractivity contribution in [1.82, 2.24) is 20.4 Å². The summed E-state index contributed by atoms with van der Waals surface area (Å²) in [5.74, 6) is 1.28. The number of aryl methyl sites for hydroxylation is 1. The van der Waals surface area contributed by atoms with Gasteiger partial charge in [0.15, 0.2) is 11.5 Å². The maximum Gasteiger partial charge on any atom is 0.191 e. The molecule has 1 aliphatic carbocycles. The molecule has 3 heterocycles. The molecule has 25 heavy (non-hydrogen) atoms. The number of hydrogen-bond acceptors (Lipinski definition) is 5. The van der Waals surface area contributed by atoms with Crippen molar-refractivity contribution in [3.8, 4) is 11.4 Å². The molecule has 0 saturated heterocycles. The second-order valence-electron chi connectivity index (χ2n) is 5.96. The van der Waals surface area contributed by atoms with Gasteiger partial charge in [0.1, 0.15) is 24.0 Å². The predicted molar refractivity (Wildman–Crippen MR) is 93.7 cm³/mol. The fourth-order valence-electron chi connectivity index (χ4n) is 2.82. The summed E-state index contributed by atoms with van der Waals surface area (Å²) < 4.78 is 11.5. The van der Waals surface area contributed by atoms with Crippen LogP contribution in [0.2, 0.25) is 0 Å². The van der Waals surface area contributed by atoms with Gasteiger partial charge in [-0.1, -0.05) is 29.9 Å². The Morgan fingerprint density at radius 1 is 1.16 bits per heavy atom. The van der Waals surface area contributed by atoms with Crippen LogP contribution in [0.4, 0.5) is 0 Å². The van der Waals surface area contributed by atoms with Crippen molar-refractivity contribution in [3.05, 3.63) is 71.7 Å². The van der Waals surface area contributed by atoms with Crippen LogP contribution < -0.4 is 0 Å². The monoisotopic (exact) mass is 334 g/mol. The van der Waals surface area contributed by atoms with Gasteiger partial charge in [0, 0.05) is 12.1 Å². The van der Waals surface area contributed by atoms with Crippen LogP contribution in [-0.2, 0) is 9.47 Å². The first-order chi connectivity index (χ1) is 12.3. The Hall–Kier alpha value is -3.15. The van der Waals surface area contributed by atoms with Crippen LogP contribution in [-0.4, -0.2) is 20.4 Å². The van der Waals surface area contributed by atoms with Crippen molar-refractivity contribution in [3.63, 3.8) is 0 Å². The first kappa shape index (κ1) is 15.4. The van der Waals surface area contributed by atoms with E-state index < -0.39 is 0 Å². The van der Waals surface area contributed by atoms with Gasteiger partial charge < -0.3 is 9.47 Å². The van der Waals surface area contributed by atoms with Crippen molar-refractivity contribution in [1.29, 1.82) is 0 Å². The lowest BCUT2D eigenvalue weighted by molar-refractivity contribution is 0.272. The molecule has 0 fully saturated rings. The molecular formula is C19H18N4O2. The average Bonchev–Trinajstić information content (AvgIpc) is 3.13. The van der Waals surface area contributed by atoms with Gasteiger partial charge in [0.2, 0.25) is 0 Å². The average molecular weight is 334 g/mol. The standard InChI is InChI=1S/C19H18N4O2/c1-13-6-5-9-16(20-13)18-19(22-23-21-18)17-12-24-11-15(25-17)10-14-7-3-2-4-8-14/h2-3,5-7,9,11-12H,4,8,10H2,1H3,(H,21,22,23). The Labute approximate surface area is 145 Å². The zero-order valence-corrected chi connectivity index (χ0v) is 13.9. The molecule has 0 unspecified atom stereocenters. The molecule has 1 N–H and O–H groups in total. The van der Waals surface area contributed by atoms with Crippen LogP contribution in [0, 0.1) is 6.92 Å². The van der Waals surface area contributed by atoms with Crippen LogP contribution in [0.5, 0.6) is 0 Å². The number of nitrogens with one attached hydrogen (secondary N) is 1. The Balaban J connectivity index is 1.55. The molecule has 0 amide bonds. The second kappa shape index (κ2) is 6.76. The lowest BCUT2D eigenvalue weighted by Crippen LogP contribution is -2.03. The Morgan fingerprint density at radius 3 is 2.92 bits per heavy atom. The number of rotatable bonds is 4. The van der Waals surface area contributed by atoms with Gasteiger partial charge in [-0.15, -0.1) is 0 Å². The van der Waals surface area contributed by atoms with E-state index in [1.165, 1.54) is 11.8 Å². The minimum absolute atomic E-state index is 0.525. The number of hydrogen-bond donors (Lipinski definition) is 1. The van der Waals surface area contributed by atoms with E-state index in [4.69, 9.17) is 9.47 Å². The summed E-state index contributed by atoms with van der Waals surface area (Å²) in [7, 11) is 0. The summed E-state index contributed by atoms with van der Waals surface area (Å²) in [6, 6.07) is 5.78. The number of aromatic nitrogens is 4. The van der Waals surface area contributed by atoms with E-state index in [1.807, 2.05) is 25.1 Å². The van der Waals surface area contributed by atoms with Crippen molar-refractivity contribution in [2.75, 3.05) is 0 Å². The molecule has 2 aromatic heterocycles. The normalized spacial score (nSPS) is 16.4. The molecule has 6 nitrogen and oxygen atoms in total. The highest BCUT2D eigenvalue weighted by atomic mass is 16.5. The van der Waals surface area contributed by atoms with Crippen LogP contribution in [0.3, 0.4) is 0 Å². The molecule has 1 aliphatic heterocycles. The highest BCUT2D eigenvalue weighted by Crippen LogP contribution is 2.31. The minimum atomic E-state index is 0.525. The third-order valence-electron chi connectivity index (χ3n) is 4.03. The molecule has 2 aromatic rings. The zero-order chi connectivity index (χ0) is 17.1. The smallest absolute Gasteiger partial charge is 0.191 e. The summed E-state index contributed by atoms with van der Waals surface area (Å²) in [6.45, 7) is 1.94. The first-order valence-electron chi connectivity index (χ1n) is 8.22. The van der Waals surface area contributed by atoms with Crippen LogP contribution >= 0.6 is 0 Å². The largest absolute Gasteiger partial charge is 0.465 e. The SMILES string of the molecule is Cc1cccc(-c2n[nH]nc2C2=COC=C(CC3=CC=CCC3)O2)n1. The number of H-pyrrole nitrogens is 1. The van der Waals surface area contributed by atoms with E-state index in [2.05, 4.69) is 38.6 Å². The Kier molecular flexibility index (Phi) is 4.16. The molecule has 0 atom stereocenters. The summed E-state index contributed by atoms with van der Waals surface area (Å²) >= 11 is 0. The Bertz CT molecular complexity index is 906. The van der Waals surface area contributed by atoms with Crippen LogP contribution in [0.25, 0.3) is 17.1 Å². The topological polar surface area (TPSA) is 72.9 Å². The van der Waals surface area contributed by atoms with E-state index in [1.54, 1.807) is 6.26 Å². The molecule has 0 saturated carbocycles. The van der Waals surface area contributed by atoms with Crippen LogP contribution in [0.1, 0.15) is 30.7 Å². The fraction of sp³-hybridized carbons (Fsp3) is 0.211. The van der Waals surface area contributed by atoms with Crippen molar-refractivity contribution >= 4 is 5.76 Å². The summed E-state index contributed by atoms with van der Waals surface area (Å²) in [4.78, 5) is 4.51. The highest BCUT2D eigenvalue weighted by molar-refractivity contribution is 5.71. The van der Waals surface area contributed by atoms with Crippen molar-refractivity contribution in [2.24, 2.45) is 0 Å². The fourth-order valence-corrected chi connectivity index (χ4v) is 2.82. The third kappa shape index (κ3) is 3.38. The van der Waals surface area contributed by atoms with Crippen LogP contribution in [0.15, 0.2) is 60.3 Å². The van der Waals surface area contributed by atoms with Gasteiger partial charge in [-0.25, -0.2) is 0 Å². The van der Waals surface area contributed by atoms with E-state index in [9.17, 15) is 0 Å². The van der Waals surface area contributed by atoms with E-state index in [0.29, 0.717) is 17.1 Å². The molecule has 2 aliphatic rings. The summed E-state index contributed by atoms with van der Waals surface area (Å²) in [6.07, 6.45) is 12.4. The lowest BCUT2D eigenvalue weighted by atomic mass is 10.0. The maximum atomic E-state index is 6.01. The molecule has 126 valence electrons. The predicted octanol–water partition coefficient (Wildman–Crippen LogP) is 4.03. The van der Waals surface area contributed by atoms with Gasteiger partial charge in [-0.2, -0.15) is 15.4 Å². The Morgan fingerprint density at radius 2 is 2.08 bits per heavy atom. The van der Waals surface area contributed by atoms with Crippen molar-refractivity contribution in [2.45, 2.75) is 26.2 Å². The number of allylic oxidation sites excluding steroid dienone is 4. The maximum absolute atomic E-state index is 6.01. The van der Waals surface area contributed by atoms with Gasteiger partial charge >= 0.3 is 0 Å². The van der Waals surface area contributed by atoms with E-state index in [-0.39, 0.29) is 0 Å². The first-order valence-corrected chi connectivity index (χ1v) is 8.22. The van der Waals surface area contributed by atoms with Gasteiger partial charge in [0.05, 0.1) is 5.69 Å². The number of ether oxygens (including phenoxy) is 2. The molecule has 0 spiro atoms. The van der Waals surface area contributed by atoms with Gasteiger partial charge in [0.25, 0.3) is 0 Å². The summed E-state index contributed by atoms with van der Waals surface area (Å²) in [5.41, 5.74) is 4.20. The lowest BCUT2D eigenvalue weighted by Gasteiger charge is -2.17. The number of aromatic amines is 1. The molecule has 0 bridgehead atoms. The van der Waals surface area contributed by atoms with Gasteiger partial charge in [-0.05, 0) is 31.9 Å². The molecule has 4 rings (SSSR count).